The molecular weight excluding hydrogens is 216 g/mol. The first kappa shape index (κ1) is 11.0. The number of nitrogens with one attached hydrogen (secondary N) is 1. The molecule has 0 bridgehead atoms. The standard InChI is InChI=1S/C13H10N2O2/c1-2-3-8-4-5-9-11(6-8)15-13(17)10(7-14)12(9)16/h2,4-6H,1,3H2,(H2,15,16,17). The van der Waals surface area contributed by atoms with E-state index in [1.54, 1.807) is 24.3 Å². The molecule has 1 aromatic heterocycles. The van der Waals surface area contributed by atoms with Gasteiger partial charge in [0, 0.05) is 5.39 Å². The highest BCUT2D eigenvalue weighted by molar-refractivity contribution is 5.87. The molecular formula is C13H10N2O2. The average molecular weight is 226 g/mol. The lowest BCUT2D eigenvalue weighted by Crippen LogP contribution is -2.10. The maximum absolute atomic E-state index is 11.5. The van der Waals surface area contributed by atoms with E-state index >= 15 is 0 Å². The minimum atomic E-state index is -0.576. The lowest BCUT2D eigenvalue weighted by Gasteiger charge is -2.04. The summed E-state index contributed by atoms with van der Waals surface area (Å²) in [6.07, 6.45) is 2.43. The topological polar surface area (TPSA) is 76.9 Å². The van der Waals surface area contributed by atoms with Gasteiger partial charge in [0.05, 0.1) is 5.52 Å². The van der Waals surface area contributed by atoms with Gasteiger partial charge < -0.3 is 10.1 Å². The second-order valence-electron chi connectivity index (χ2n) is 3.66. The number of rotatable bonds is 2. The molecule has 2 N–H and O–H groups in total. The summed E-state index contributed by atoms with van der Waals surface area (Å²) in [5.74, 6) is -0.267. The molecule has 0 fully saturated rings. The van der Waals surface area contributed by atoms with Gasteiger partial charge in [0.2, 0.25) is 0 Å². The van der Waals surface area contributed by atoms with Gasteiger partial charge in [0.1, 0.15) is 11.8 Å². The third kappa shape index (κ3) is 1.79. The predicted octanol–water partition coefficient (Wildman–Crippen LogP) is 1.83. The van der Waals surface area contributed by atoms with Crippen LogP contribution in [-0.4, -0.2) is 10.1 Å². The van der Waals surface area contributed by atoms with Gasteiger partial charge in [-0.3, -0.25) is 4.79 Å². The second kappa shape index (κ2) is 4.14. The van der Waals surface area contributed by atoms with Crippen molar-refractivity contribution in [1.82, 2.24) is 4.98 Å². The van der Waals surface area contributed by atoms with E-state index in [0.29, 0.717) is 17.3 Å². The molecule has 0 aliphatic rings. The van der Waals surface area contributed by atoms with Gasteiger partial charge in [-0.2, -0.15) is 5.26 Å². The van der Waals surface area contributed by atoms with Crippen LogP contribution >= 0.6 is 0 Å². The maximum atomic E-state index is 11.5. The van der Waals surface area contributed by atoms with Crippen molar-refractivity contribution in [3.63, 3.8) is 0 Å². The fourth-order valence-corrected chi connectivity index (χ4v) is 1.73. The van der Waals surface area contributed by atoms with Gasteiger partial charge in [-0.15, -0.1) is 6.58 Å². The number of hydrogen-bond acceptors (Lipinski definition) is 3. The minimum absolute atomic E-state index is 0.256. The zero-order chi connectivity index (χ0) is 12.4. The number of fused-ring (bicyclic) bond motifs is 1. The van der Waals surface area contributed by atoms with Crippen LogP contribution in [0.1, 0.15) is 11.1 Å². The largest absolute Gasteiger partial charge is 0.506 e. The number of H-pyrrole nitrogens is 1. The predicted molar refractivity (Wildman–Crippen MR) is 64.8 cm³/mol. The smallest absolute Gasteiger partial charge is 0.270 e. The first-order chi connectivity index (χ1) is 8.17. The Bertz CT molecular complexity index is 693. The Labute approximate surface area is 97.5 Å². The van der Waals surface area contributed by atoms with Crippen molar-refractivity contribution in [3.05, 3.63) is 52.3 Å². The summed E-state index contributed by atoms with van der Waals surface area (Å²) in [6, 6.07) is 6.95. The van der Waals surface area contributed by atoms with E-state index in [9.17, 15) is 9.90 Å². The molecule has 0 spiro atoms. The highest BCUT2D eigenvalue weighted by Crippen LogP contribution is 2.25. The lowest BCUT2D eigenvalue weighted by atomic mass is 10.1. The van der Waals surface area contributed by atoms with E-state index in [2.05, 4.69) is 11.6 Å². The third-order valence-electron chi connectivity index (χ3n) is 2.54. The molecule has 2 rings (SSSR count). The first-order valence-corrected chi connectivity index (χ1v) is 5.06. The number of aromatic hydroxyl groups is 1. The van der Waals surface area contributed by atoms with Crippen molar-refractivity contribution < 1.29 is 5.11 Å². The molecule has 84 valence electrons. The Morgan fingerprint density at radius 3 is 2.94 bits per heavy atom. The number of nitriles is 1. The molecule has 0 unspecified atom stereocenters. The number of benzene rings is 1. The molecule has 0 amide bonds. The average Bonchev–Trinajstić information content (AvgIpc) is 2.29. The van der Waals surface area contributed by atoms with Crippen LogP contribution in [-0.2, 0) is 6.42 Å². The second-order valence-corrected chi connectivity index (χ2v) is 3.66. The molecule has 1 heterocycles. The molecule has 0 saturated heterocycles. The molecule has 4 heteroatoms. The summed E-state index contributed by atoms with van der Waals surface area (Å²) in [6.45, 7) is 3.63. The number of nitrogens with zero attached hydrogens (tertiary/aromatic N) is 1. The number of aromatic nitrogens is 1. The monoisotopic (exact) mass is 226 g/mol. The fourth-order valence-electron chi connectivity index (χ4n) is 1.73. The van der Waals surface area contributed by atoms with Crippen LogP contribution in [0.3, 0.4) is 0 Å². The van der Waals surface area contributed by atoms with Crippen molar-refractivity contribution in [2.45, 2.75) is 6.42 Å². The fraction of sp³-hybridized carbons (Fsp3) is 0.0769. The number of aromatic amines is 1. The van der Waals surface area contributed by atoms with Crippen molar-refractivity contribution in [3.8, 4) is 11.8 Å². The van der Waals surface area contributed by atoms with Gasteiger partial charge in [-0.1, -0.05) is 12.1 Å². The van der Waals surface area contributed by atoms with Gasteiger partial charge in [0.15, 0.2) is 5.56 Å². The summed E-state index contributed by atoms with van der Waals surface area (Å²) < 4.78 is 0. The van der Waals surface area contributed by atoms with Crippen LogP contribution in [0, 0.1) is 11.3 Å². The van der Waals surface area contributed by atoms with Gasteiger partial charge >= 0.3 is 0 Å². The maximum Gasteiger partial charge on any atom is 0.270 e. The summed E-state index contributed by atoms with van der Waals surface area (Å²) in [5.41, 5.74) is 0.667. The lowest BCUT2D eigenvalue weighted by molar-refractivity contribution is 0.478. The van der Waals surface area contributed by atoms with Crippen LogP contribution < -0.4 is 5.56 Å². The minimum Gasteiger partial charge on any atom is -0.506 e. The summed E-state index contributed by atoms with van der Waals surface area (Å²) in [5, 5.41) is 19.0. The van der Waals surface area contributed by atoms with E-state index in [1.165, 1.54) is 0 Å². The van der Waals surface area contributed by atoms with E-state index in [4.69, 9.17) is 5.26 Å². The van der Waals surface area contributed by atoms with E-state index in [-0.39, 0.29) is 11.3 Å². The SMILES string of the molecule is C=CCc1ccc2c(O)c(C#N)c(=O)[nH]c2c1. The molecule has 0 atom stereocenters. The van der Waals surface area contributed by atoms with Crippen LogP contribution in [0.25, 0.3) is 10.9 Å². The number of pyridine rings is 1. The van der Waals surface area contributed by atoms with Crippen LogP contribution in [0.2, 0.25) is 0 Å². The van der Waals surface area contributed by atoms with E-state index in [1.807, 2.05) is 6.07 Å². The van der Waals surface area contributed by atoms with Crippen molar-refractivity contribution in [2.24, 2.45) is 0 Å². The highest BCUT2D eigenvalue weighted by atomic mass is 16.3. The highest BCUT2D eigenvalue weighted by Gasteiger charge is 2.10. The molecule has 0 radical (unpaired) electrons. The van der Waals surface area contributed by atoms with Crippen LogP contribution in [0.15, 0.2) is 35.6 Å². The van der Waals surface area contributed by atoms with E-state index < -0.39 is 5.56 Å². The molecule has 0 aliphatic heterocycles. The Morgan fingerprint density at radius 1 is 1.53 bits per heavy atom. The van der Waals surface area contributed by atoms with Crippen molar-refractivity contribution in [2.75, 3.05) is 0 Å². The third-order valence-corrected chi connectivity index (χ3v) is 2.54. The summed E-state index contributed by atoms with van der Waals surface area (Å²) in [7, 11) is 0. The normalized spacial score (nSPS) is 10.1. The molecule has 0 aliphatic carbocycles. The molecule has 1 aromatic carbocycles. The van der Waals surface area contributed by atoms with Crippen molar-refractivity contribution in [1.29, 1.82) is 5.26 Å². The molecule has 0 saturated carbocycles. The van der Waals surface area contributed by atoms with E-state index in [0.717, 1.165) is 5.56 Å². The van der Waals surface area contributed by atoms with Gasteiger partial charge in [0.25, 0.3) is 5.56 Å². The zero-order valence-corrected chi connectivity index (χ0v) is 9.03. The number of hydrogen-bond donors (Lipinski definition) is 2. The summed E-state index contributed by atoms with van der Waals surface area (Å²) in [4.78, 5) is 14.1. The number of allylic oxidation sites excluding steroid dienone is 1. The first-order valence-electron chi connectivity index (χ1n) is 5.06. The van der Waals surface area contributed by atoms with Crippen LogP contribution in [0.5, 0.6) is 5.75 Å². The zero-order valence-electron chi connectivity index (χ0n) is 9.03. The Hall–Kier alpha value is -2.54. The Kier molecular flexibility index (Phi) is 2.67. The molecule has 17 heavy (non-hydrogen) atoms. The summed E-state index contributed by atoms with van der Waals surface area (Å²) >= 11 is 0. The molecule has 2 aromatic rings. The Morgan fingerprint density at radius 2 is 2.29 bits per heavy atom. The van der Waals surface area contributed by atoms with Gasteiger partial charge in [-0.05, 0) is 24.1 Å². The quantitative estimate of drug-likeness (QED) is 0.767. The van der Waals surface area contributed by atoms with Gasteiger partial charge in [-0.25, -0.2) is 0 Å². The molecule has 4 nitrogen and oxygen atoms in total. The van der Waals surface area contributed by atoms with Crippen LogP contribution in [0.4, 0.5) is 0 Å². The van der Waals surface area contributed by atoms with Crippen molar-refractivity contribution >= 4 is 10.9 Å². The Balaban J connectivity index is 2.78.